The smallest absolute Gasteiger partial charge is 0.232 e. The van der Waals surface area contributed by atoms with Crippen LogP contribution in [0.1, 0.15) is 24.0 Å². The summed E-state index contributed by atoms with van der Waals surface area (Å²) >= 11 is 0. The number of carbonyl (C=O) groups is 1. The van der Waals surface area contributed by atoms with Crippen LogP contribution >= 0.6 is 0 Å². The summed E-state index contributed by atoms with van der Waals surface area (Å²) in [7, 11) is 0. The molecular formula is C18H21NO2. The highest BCUT2D eigenvalue weighted by Crippen LogP contribution is 2.19. The van der Waals surface area contributed by atoms with Crippen LogP contribution in [0.25, 0.3) is 0 Å². The van der Waals surface area contributed by atoms with Crippen LogP contribution in [0.3, 0.4) is 0 Å². The molecule has 0 heterocycles. The summed E-state index contributed by atoms with van der Waals surface area (Å²) in [5.74, 6) is -0.523. The van der Waals surface area contributed by atoms with Crippen LogP contribution in [0.4, 0.5) is 0 Å². The average molecular weight is 283 g/mol. The fraction of sp³-hybridized carbons (Fsp3) is 0.278. The lowest BCUT2D eigenvalue weighted by Gasteiger charge is -2.25. The molecule has 0 fully saturated rings. The Kier molecular flexibility index (Phi) is 5.52. The van der Waals surface area contributed by atoms with Gasteiger partial charge >= 0.3 is 0 Å². The molecule has 0 saturated heterocycles. The quantitative estimate of drug-likeness (QED) is 0.885. The molecular weight excluding hydrogens is 262 g/mol. The van der Waals surface area contributed by atoms with Crippen molar-refractivity contribution < 1.29 is 9.90 Å². The Balaban J connectivity index is 2.15. The van der Waals surface area contributed by atoms with E-state index in [2.05, 4.69) is 0 Å². The van der Waals surface area contributed by atoms with Gasteiger partial charge in [0.1, 0.15) is 0 Å². The lowest BCUT2D eigenvalue weighted by molar-refractivity contribution is -0.134. The van der Waals surface area contributed by atoms with Gasteiger partial charge in [0.25, 0.3) is 0 Å². The largest absolute Gasteiger partial charge is 0.395 e. The van der Waals surface area contributed by atoms with E-state index in [0.717, 1.165) is 11.1 Å². The van der Waals surface area contributed by atoms with Gasteiger partial charge in [0, 0.05) is 13.1 Å². The predicted molar refractivity (Wildman–Crippen MR) is 83.8 cm³/mol. The van der Waals surface area contributed by atoms with Gasteiger partial charge < -0.3 is 10.0 Å². The molecule has 0 spiro atoms. The molecule has 1 atom stereocenters. The van der Waals surface area contributed by atoms with Gasteiger partial charge in [0.2, 0.25) is 5.91 Å². The van der Waals surface area contributed by atoms with E-state index in [1.54, 1.807) is 4.90 Å². The molecule has 0 bridgehead atoms. The first-order valence-corrected chi connectivity index (χ1v) is 7.24. The van der Waals surface area contributed by atoms with Gasteiger partial charge in [-0.05, 0) is 18.1 Å². The van der Waals surface area contributed by atoms with E-state index in [1.165, 1.54) is 0 Å². The van der Waals surface area contributed by atoms with Crippen molar-refractivity contribution in [2.75, 3.05) is 13.2 Å². The molecule has 1 unspecified atom stereocenters. The monoisotopic (exact) mass is 283 g/mol. The van der Waals surface area contributed by atoms with Crippen LogP contribution in [-0.2, 0) is 11.3 Å². The van der Waals surface area contributed by atoms with E-state index in [9.17, 15) is 9.90 Å². The van der Waals surface area contributed by atoms with Gasteiger partial charge in [0.05, 0.1) is 12.5 Å². The Morgan fingerprint density at radius 2 is 1.62 bits per heavy atom. The van der Waals surface area contributed by atoms with Gasteiger partial charge in [-0.25, -0.2) is 0 Å². The molecule has 0 saturated carbocycles. The summed E-state index contributed by atoms with van der Waals surface area (Å²) in [4.78, 5) is 14.5. The van der Waals surface area contributed by atoms with Crippen molar-refractivity contribution in [2.45, 2.75) is 19.4 Å². The molecule has 0 aliphatic rings. The molecule has 0 radical (unpaired) electrons. The second kappa shape index (κ2) is 7.60. The molecule has 0 aliphatic heterocycles. The van der Waals surface area contributed by atoms with Crippen LogP contribution in [0.2, 0.25) is 0 Å². The number of aliphatic hydroxyl groups is 1. The number of amides is 1. The van der Waals surface area contributed by atoms with E-state index in [4.69, 9.17) is 0 Å². The maximum Gasteiger partial charge on any atom is 0.232 e. The zero-order valence-electron chi connectivity index (χ0n) is 12.3. The molecule has 2 aromatic carbocycles. The lowest BCUT2D eigenvalue weighted by atomic mass is 9.98. The van der Waals surface area contributed by atoms with Crippen LogP contribution in [-0.4, -0.2) is 29.1 Å². The highest BCUT2D eigenvalue weighted by atomic mass is 16.3. The minimum Gasteiger partial charge on any atom is -0.395 e. The predicted octanol–water partition coefficient (Wildman–Crippen LogP) is 2.81. The number of rotatable bonds is 6. The Bertz CT molecular complexity index is 554. The maximum absolute atomic E-state index is 12.7. The third-order valence-corrected chi connectivity index (χ3v) is 3.59. The highest BCUT2D eigenvalue weighted by molar-refractivity contribution is 5.83. The number of hydrogen-bond donors (Lipinski definition) is 1. The van der Waals surface area contributed by atoms with Gasteiger partial charge in [-0.15, -0.1) is 0 Å². The lowest BCUT2D eigenvalue weighted by Crippen LogP contribution is -2.36. The molecule has 3 heteroatoms. The van der Waals surface area contributed by atoms with Gasteiger partial charge in [-0.2, -0.15) is 0 Å². The van der Waals surface area contributed by atoms with E-state index in [1.807, 2.05) is 67.6 Å². The topological polar surface area (TPSA) is 40.5 Å². The Morgan fingerprint density at radius 3 is 2.14 bits per heavy atom. The first kappa shape index (κ1) is 15.3. The molecule has 0 aromatic heterocycles. The highest BCUT2D eigenvalue weighted by Gasteiger charge is 2.24. The fourth-order valence-corrected chi connectivity index (χ4v) is 2.38. The minimum absolute atomic E-state index is 0.0324. The Labute approximate surface area is 125 Å². The number of hydrogen-bond acceptors (Lipinski definition) is 2. The minimum atomic E-state index is -0.491. The Morgan fingerprint density at radius 1 is 1.05 bits per heavy atom. The maximum atomic E-state index is 12.7. The SMILES string of the molecule is CCN(Cc1ccccc1)C(=O)C(CO)c1ccccc1. The molecule has 1 N–H and O–H groups in total. The number of benzene rings is 2. The number of nitrogens with zero attached hydrogens (tertiary/aromatic N) is 1. The van der Waals surface area contributed by atoms with Gasteiger partial charge in [-0.1, -0.05) is 60.7 Å². The third kappa shape index (κ3) is 3.92. The van der Waals surface area contributed by atoms with E-state index < -0.39 is 5.92 Å². The molecule has 1 amide bonds. The van der Waals surface area contributed by atoms with Gasteiger partial charge in [0.15, 0.2) is 0 Å². The van der Waals surface area contributed by atoms with E-state index in [0.29, 0.717) is 13.1 Å². The van der Waals surface area contributed by atoms with Crippen molar-refractivity contribution in [3.05, 3.63) is 71.8 Å². The first-order valence-electron chi connectivity index (χ1n) is 7.24. The number of likely N-dealkylation sites (N-methyl/N-ethyl adjacent to an activating group) is 1. The Hall–Kier alpha value is -2.13. The van der Waals surface area contributed by atoms with Crippen molar-refractivity contribution in [3.8, 4) is 0 Å². The summed E-state index contributed by atoms with van der Waals surface area (Å²) in [5.41, 5.74) is 1.95. The van der Waals surface area contributed by atoms with Crippen molar-refractivity contribution in [1.29, 1.82) is 0 Å². The molecule has 0 aliphatic carbocycles. The molecule has 2 rings (SSSR count). The van der Waals surface area contributed by atoms with Crippen molar-refractivity contribution in [3.63, 3.8) is 0 Å². The molecule has 3 nitrogen and oxygen atoms in total. The average Bonchev–Trinajstić information content (AvgIpc) is 2.55. The third-order valence-electron chi connectivity index (χ3n) is 3.59. The van der Waals surface area contributed by atoms with Crippen LogP contribution in [0.15, 0.2) is 60.7 Å². The summed E-state index contributed by atoms with van der Waals surface area (Å²) in [6.45, 7) is 2.98. The summed E-state index contributed by atoms with van der Waals surface area (Å²) in [6.07, 6.45) is 0. The van der Waals surface area contributed by atoms with Crippen LogP contribution in [0.5, 0.6) is 0 Å². The van der Waals surface area contributed by atoms with Crippen LogP contribution < -0.4 is 0 Å². The molecule has 2 aromatic rings. The molecule has 21 heavy (non-hydrogen) atoms. The molecule has 110 valence electrons. The fourth-order valence-electron chi connectivity index (χ4n) is 2.38. The zero-order valence-corrected chi connectivity index (χ0v) is 12.3. The normalized spacial score (nSPS) is 11.9. The first-order chi connectivity index (χ1) is 10.3. The summed E-state index contributed by atoms with van der Waals surface area (Å²) in [6, 6.07) is 19.4. The van der Waals surface area contributed by atoms with E-state index >= 15 is 0 Å². The van der Waals surface area contributed by atoms with Gasteiger partial charge in [-0.3, -0.25) is 4.79 Å². The standard InChI is InChI=1S/C18H21NO2/c1-2-19(13-15-9-5-3-6-10-15)18(21)17(14-20)16-11-7-4-8-12-16/h3-12,17,20H,2,13-14H2,1H3. The summed E-state index contributed by atoms with van der Waals surface area (Å²) in [5, 5.41) is 9.61. The van der Waals surface area contributed by atoms with E-state index in [-0.39, 0.29) is 12.5 Å². The zero-order chi connectivity index (χ0) is 15.1. The number of aliphatic hydroxyl groups excluding tert-OH is 1. The second-order valence-electron chi connectivity index (χ2n) is 4.98. The second-order valence-corrected chi connectivity index (χ2v) is 4.98. The van der Waals surface area contributed by atoms with Crippen molar-refractivity contribution in [1.82, 2.24) is 4.90 Å². The summed E-state index contributed by atoms with van der Waals surface area (Å²) < 4.78 is 0. The van der Waals surface area contributed by atoms with Crippen molar-refractivity contribution >= 4 is 5.91 Å². The van der Waals surface area contributed by atoms with Crippen molar-refractivity contribution in [2.24, 2.45) is 0 Å². The van der Waals surface area contributed by atoms with Crippen LogP contribution in [0, 0.1) is 0 Å². The number of carbonyl (C=O) groups excluding carboxylic acids is 1.